The molecule has 7 nitrogen and oxygen atoms in total. The topological polar surface area (TPSA) is 80.6 Å². The fourth-order valence-corrected chi connectivity index (χ4v) is 2.85. The Morgan fingerprint density at radius 2 is 1.14 bits per heavy atom. The number of hydrogen-bond acceptors (Lipinski definition) is 7. The van der Waals surface area contributed by atoms with Crippen molar-refractivity contribution in [3.8, 4) is 0 Å². The lowest BCUT2D eigenvalue weighted by Crippen LogP contribution is -2.63. The van der Waals surface area contributed by atoms with Gasteiger partial charge in [-0.3, -0.25) is 4.90 Å². The summed E-state index contributed by atoms with van der Waals surface area (Å²) in [5, 5.41) is 19.2. The zero-order valence-corrected chi connectivity index (χ0v) is 13.9. The van der Waals surface area contributed by atoms with Gasteiger partial charge < -0.3 is 29.2 Å². The normalized spacial score (nSPS) is 26.7. The van der Waals surface area contributed by atoms with E-state index in [1.807, 2.05) is 32.6 Å². The number of aliphatic hydroxyl groups is 2. The molecule has 130 valence electrons. The number of rotatable bonds is 5. The van der Waals surface area contributed by atoms with Crippen LogP contribution in [0.25, 0.3) is 0 Å². The maximum absolute atomic E-state index is 9.60. The van der Waals surface area contributed by atoms with E-state index in [-0.39, 0.29) is 25.3 Å². The van der Waals surface area contributed by atoms with Crippen LogP contribution in [0.2, 0.25) is 0 Å². The van der Waals surface area contributed by atoms with Crippen molar-refractivity contribution in [2.45, 2.75) is 57.4 Å². The summed E-state index contributed by atoms with van der Waals surface area (Å²) in [4.78, 5) is 2.02. The second kappa shape index (κ2) is 7.09. The van der Waals surface area contributed by atoms with Crippen LogP contribution in [-0.2, 0) is 18.9 Å². The first kappa shape index (κ1) is 18.1. The van der Waals surface area contributed by atoms with Crippen molar-refractivity contribution < 1.29 is 29.2 Å². The molecule has 0 aromatic carbocycles. The van der Waals surface area contributed by atoms with E-state index in [0.29, 0.717) is 26.4 Å². The average molecular weight is 319 g/mol. The van der Waals surface area contributed by atoms with E-state index in [1.165, 1.54) is 0 Å². The van der Waals surface area contributed by atoms with Gasteiger partial charge in [-0.15, -0.1) is 0 Å². The summed E-state index contributed by atoms with van der Waals surface area (Å²) in [6.07, 6.45) is 0. The van der Waals surface area contributed by atoms with Gasteiger partial charge in [0.15, 0.2) is 11.6 Å². The van der Waals surface area contributed by atoms with Crippen molar-refractivity contribution in [2.75, 3.05) is 39.6 Å². The molecule has 0 aliphatic carbocycles. The Morgan fingerprint density at radius 1 is 0.818 bits per heavy atom. The van der Waals surface area contributed by atoms with Crippen LogP contribution in [0.5, 0.6) is 0 Å². The number of ether oxygens (including phenoxy) is 4. The standard InChI is InChI=1S/C15H29NO6/c1-14(2)19-7-12(8-20-14)16(11(5-17)6-18)13-9-21-15(3,4)22-10-13/h11-13,17-18H,5-10H2,1-4H3. The maximum atomic E-state index is 9.60. The third-order valence-electron chi connectivity index (χ3n) is 4.18. The summed E-state index contributed by atoms with van der Waals surface area (Å²) in [6, 6.07) is -0.511. The van der Waals surface area contributed by atoms with Crippen molar-refractivity contribution in [1.82, 2.24) is 4.90 Å². The first-order valence-electron chi connectivity index (χ1n) is 7.83. The fourth-order valence-electron chi connectivity index (χ4n) is 2.85. The van der Waals surface area contributed by atoms with Crippen LogP contribution in [-0.4, -0.2) is 84.5 Å². The quantitative estimate of drug-likeness (QED) is 0.735. The SMILES string of the molecule is CC1(C)OCC(N(C(CO)CO)C2COC(C)(C)OC2)CO1. The lowest BCUT2D eigenvalue weighted by Gasteiger charge is -2.48. The molecule has 0 aromatic heterocycles. The van der Waals surface area contributed by atoms with Gasteiger partial charge >= 0.3 is 0 Å². The highest BCUT2D eigenvalue weighted by Crippen LogP contribution is 2.26. The Bertz CT molecular complexity index is 310. The molecule has 2 fully saturated rings. The number of hydrogen-bond donors (Lipinski definition) is 2. The molecule has 2 heterocycles. The van der Waals surface area contributed by atoms with Gasteiger partial charge in [0.1, 0.15) is 0 Å². The predicted octanol–water partition coefficient (Wildman–Crippen LogP) is -0.0554. The second-order valence-electron chi connectivity index (χ2n) is 6.82. The average Bonchev–Trinajstić information content (AvgIpc) is 2.46. The first-order valence-corrected chi connectivity index (χ1v) is 7.83. The van der Waals surface area contributed by atoms with Gasteiger partial charge in [0.05, 0.1) is 57.8 Å². The molecule has 0 bridgehead atoms. The molecule has 0 amide bonds. The Morgan fingerprint density at radius 3 is 1.41 bits per heavy atom. The molecular formula is C15H29NO6. The third kappa shape index (κ3) is 4.38. The monoisotopic (exact) mass is 319 g/mol. The van der Waals surface area contributed by atoms with Crippen molar-refractivity contribution in [1.29, 1.82) is 0 Å². The minimum atomic E-state index is -0.600. The van der Waals surface area contributed by atoms with E-state index in [9.17, 15) is 10.2 Å². The Balaban J connectivity index is 2.07. The van der Waals surface area contributed by atoms with E-state index >= 15 is 0 Å². The van der Waals surface area contributed by atoms with E-state index in [4.69, 9.17) is 18.9 Å². The van der Waals surface area contributed by atoms with Gasteiger partial charge in [-0.05, 0) is 27.7 Å². The minimum absolute atomic E-state index is 0.0595. The highest BCUT2D eigenvalue weighted by Gasteiger charge is 2.40. The molecule has 0 aromatic rings. The molecule has 0 spiro atoms. The molecule has 2 aliphatic heterocycles. The van der Waals surface area contributed by atoms with E-state index < -0.39 is 17.6 Å². The lowest BCUT2D eigenvalue weighted by atomic mass is 10.1. The van der Waals surface area contributed by atoms with Crippen LogP contribution < -0.4 is 0 Å². The summed E-state index contributed by atoms with van der Waals surface area (Å²) in [5.74, 6) is -1.20. The molecule has 2 saturated heterocycles. The zero-order chi connectivity index (χ0) is 16.4. The summed E-state index contributed by atoms with van der Waals surface area (Å²) >= 11 is 0. The third-order valence-corrected chi connectivity index (χ3v) is 4.18. The molecule has 0 unspecified atom stereocenters. The van der Waals surface area contributed by atoms with Gasteiger partial charge in [0.25, 0.3) is 0 Å². The molecule has 2 aliphatic rings. The molecule has 22 heavy (non-hydrogen) atoms. The molecule has 0 atom stereocenters. The number of nitrogens with zero attached hydrogens (tertiary/aromatic N) is 1. The molecule has 7 heteroatoms. The van der Waals surface area contributed by atoms with Crippen LogP contribution in [0.1, 0.15) is 27.7 Å². The predicted molar refractivity (Wildman–Crippen MR) is 79.3 cm³/mol. The first-order chi connectivity index (χ1) is 10.3. The Kier molecular flexibility index (Phi) is 5.82. The highest BCUT2D eigenvalue weighted by molar-refractivity contribution is 4.89. The van der Waals surface area contributed by atoms with Crippen molar-refractivity contribution in [3.05, 3.63) is 0 Å². The van der Waals surface area contributed by atoms with Crippen molar-refractivity contribution in [2.24, 2.45) is 0 Å². The molecule has 0 saturated carbocycles. The fraction of sp³-hybridized carbons (Fsp3) is 1.00. The zero-order valence-electron chi connectivity index (χ0n) is 13.9. The molecule has 2 rings (SSSR count). The Hall–Kier alpha value is -0.280. The van der Waals surface area contributed by atoms with E-state index in [2.05, 4.69) is 0 Å². The van der Waals surface area contributed by atoms with Gasteiger partial charge in [-0.2, -0.15) is 0 Å². The molecule has 2 N–H and O–H groups in total. The number of aliphatic hydroxyl groups excluding tert-OH is 2. The molecule has 0 radical (unpaired) electrons. The largest absolute Gasteiger partial charge is 0.395 e. The molecular weight excluding hydrogens is 290 g/mol. The van der Waals surface area contributed by atoms with Crippen LogP contribution in [0, 0.1) is 0 Å². The smallest absolute Gasteiger partial charge is 0.162 e. The van der Waals surface area contributed by atoms with Crippen LogP contribution in [0.3, 0.4) is 0 Å². The maximum Gasteiger partial charge on any atom is 0.162 e. The van der Waals surface area contributed by atoms with Crippen molar-refractivity contribution in [3.63, 3.8) is 0 Å². The highest BCUT2D eigenvalue weighted by atomic mass is 16.7. The van der Waals surface area contributed by atoms with Crippen LogP contribution in [0.15, 0.2) is 0 Å². The Labute approximate surface area is 132 Å². The second-order valence-corrected chi connectivity index (χ2v) is 6.82. The van der Waals surface area contributed by atoms with E-state index in [0.717, 1.165) is 0 Å². The van der Waals surface area contributed by atoms with Crippen molar-refractivity contribution >= 4 is 0 Å². The van der Waals surface area contributed by atoms with Gasteiger partial charge in [0.2, 0.25) is 0 Å². The van der Waals surface area contributed by atoms with Crippen LogP contribution >= 0.6 is 0 Å². The van der Waals surface area contributed by atoms with Gasteiger partial charge in [0, 0.05) is 0 Å². The summed E-state index contributed by atoms with van der Waals surface area (Å²) in [6.45, 7) is 9.11. The summed E-state index contributed by atoms with van der Waals surface area (Å²) < 4.78 is 22.9. The van der Waals surface area contributed by atoms with E-state index in [1.54, 1.807) is 0 Å². The lowest BCUT2D eigenvalue weighted by molar-refractivity contribution is -0.293. The summed E-state index contributed by atoms with van der Waals surface area (Å²) in [7, 11) is 0. The van der Waals surface area contributed by atoms with Crippen LogP contribution in [0.4, 0.5) is 0 Å². The van der Waals surface area contributed by atoms with Gasteiger partial charge in [-0.1, -0.05) is 0 Å². The summed E-state index contributed by atoms with van der Waals surface area (Å²) in [5.41, 5.74) is 0. The minimum Gasteiger partial charge on any atom is -0.395 e. The van der Waals surface area contributed by atoms with Gasteiger partial charge in [-0.25, -0.2) is 0 Å².